The van der Waals surface area contributed by atoms with Gasteiger partial charge in [-0.1, -0.05) is 25.5 Å². The van der Waals surface area contributed by atoms with Crippen LogP contribution >= 0.6 is 11.8 Å². The third-order valence-electron chi connectivity index (χ3n) is 4.35. The lowest BCUT2D eigenvalue weighted by molar-refractivity contribution is -0.140. The van der Waals surface area contributed by atoms with Crippen LogP contribution in [0.1, 0.15) is 31.7 Å². The molecule has 2 rings (SSSR count). The molecule has 1 aliphatic rings. The maximum absolute atomic E-state index is 12.9. The van der Waals surface area contributed by atoms with Crippen molar-refractivity contribution in [3.05, 3.63) is 29.8 Å². The van der Waals surface area contributed by atoms with Gasteiger partial charge in [-0.3, -0.25) is 4.79 Å². The van der Waals surface area contributed by atoms with Gasteiger partial charge in [-0.05, 0) is 43.3 Å². The van der Waals surface area contributed by atoms with E-state index in [9.17, 15) is 4.79 Å². The van der Waals surface area contributed by atoms with Gasteiger partial charge in [0.1, 0.15) is 0 Å². The Morgan fingerprint density at radius 1 is 1.38 bits per heavy atom. The SMILES string of the molecule is CCCC1(C(=O)N(C)Cc2ccc(SC)cc2)CCNC1. The standard InChI is InChI=1S/C17H26N2OS/c1-4-9-17(10-11-18-13-17)16(20)19(2)12-14-5-7-15(21-3)8-6-14/h5-8,18H,4,9-13H2,1-3H3. The quantitative estimate of drug-likeness (QED) is 0.820. The van der Waals surface area contributed by atoms with Crippen molar-refractivity contribution in [3.8, 4) is 0 Å². The van der Waals surface area contributed by atoms with Crippen LogP contribution in [0.4, 0.5) is 0 Å². The van der Waals surface area contributed by atoms with Crippen molar-refractivity contribution in [1.82, 2.24) is 10.2 Å². The lowest BCUT2D eigenvalue weighted by Crippen LogP contribution is -2.43. The molecular formula is C17H26N2OS. The van der Waals surface area contributed by atoms with Crippen molar-refractivity contribution in [2.24, 2.45) is 5.41 Å². The summed E-state index contributed by atoms with van der Waals surface area (Å²) < 4.78 is 0. The van der Waals surface area contributed by atoms with E-state index < -0.39 is 0 Å². The summed E-state index contributed by atoms with van der Waals surface area (Å²) in [6.07, 6.45) is 5.08. The fourth-order valence-corrected chi connectivity index (χ4v) is 3.61. The number of amides is 1. The van der Waals surface area contributed by atoms with Crippen LogP contribution < -0.4 is 5.32 Å². The maximum Gasteiger partial charge on any atom is 0.230 e. The van der Waals surface area contributed by atoms with Crippen LogP contribution in [0.2, 0.25) is 0 Å². The van der Waals surface area contributed by atoms with Crippen molar-refractivity contribution in [3.63, 3.8) is 0 Å². The monoisotopic (exact) mass is 306 g/mol. The lowest BCUT2D eigenvalue weighted by Gasteiger charge is -2.31. The second-order valence-electron chi connectivity index (χ2n) is 5.97. The minimum absolute atomic E-state index is 0.178. The smallest absolute Gasteiger partial charge is 0.230 e. The second-order valence-corrected chi connectivity index (χ2v) is 6.85. The Morgan fingerprint density at radius 3 is 2.62 bits per heavy atom. The first kappa shape index (κ1) is 16.4. The highest BCUT2D eigenvalue weighted by Gasteiger charge is 2.41. The van der Waals surface area contributed by atoms with Crippen LogP contribution in [0.15, 0.2) is 29.2 Å². The first-order valence-corrected chi connectivity index (χ1v) is 8.93. The molecule has 116 valence electrons. The Labute approximate surface area is 132 Å². The highest BCUT2D eigenvalue weighted by Crippen LogP contribution is 2.33. The molecule has 0 spiro atoms. The minimum atomic E-state index is -0.178. The number of hydrogen-bond acceptors (Lipinski definition) is 3. The molecule has 1 saturated heterocycles. The number of benzene rings is 1. The van der Waals surface area contributed by atoms with Gasteiger partial charge in [0.15, 0.2) is 0 Å². The summed E-state index contributed by atoms with van der Waals surface area (Å²) in [5, 5.41) is 3.36. The van der Waals surface area contributed by atoms with Crippen LogP contribution in [-0.4, -0.2) is 37.2 Å². The first-order chi connectivity index (χ1) is 10.1. The van der Waals surface area contributed by atoms with Gasteiger partial charge in [-0.2, -0.15) is 0 Å². The molecule has 1 aliphatic heterocycles. The van der Waals surface area contributed by atoms with E-state index in [2.05, 4.69) is 42.8 Å². The number of rotatable bonds is 6. The van der Waals surface area contributed by atoms with Gasteiger partial charge in [0.2, 0.25) is 5.91 Å². The molecule has 1 amide bonds. The Morgan fingerprint density at radius 2 is 2.10 bits per heavy atom. The number of carbonyl (C=O) groups is 1. The van der Waals surface area contributed by atoms with Crippen molar-refractivity contribution < 1.29 is 4.79 Å². The molecule has 0 saturated carbocycles. The second kappa shape index (κ2) is 7.32. The molecule has 21 heavy (non-hydrogen) atoms. The molecule has 1 aromatic rings. The number of thioether (sulfide) groups is 1. The average molecular weight is 306 g/mol. The van der Waals surface area contributed by atoms with Gasteiger partial charge in [-0.15, -0.1) is 11.8 Å². The van der Waals surface area contributed by atoms with Crippen LogP contribution in [-0.2, 0) is 11.3 Å². The Balaban J connectivity index is 2.03. The average Bonchev–Trinajstić information content (AvgIpc) is 2.97. The molecular weight excluding hydrogens is 280 g/mol. The third kappa shape index (κ3) is 3.80. The van der Waals surface area contributed by atoms with Gasteiger partial charge in [0.25, 0.3) is 0 Å². The van der Waals surface area contributed by atoms with E-state index in [4.69, 9.17) is 0 Å². The van der Waals surface area contributed by atoms with Crippen LogP contribution in [0, 0.1) is 5.41 Å². The normalized spacial score (nSPS) is 21.5. The van der Waals surface area contributed by atoms with E-state index in [0.717, 1.165) is 32.4 Å². The first-order valence-electron chi connectivity index (χ1n) is 7.70. The molecule has 3 nitrogen and oxygen atoms in total. The zero-order chi connectivity index (χ0) is 15.3. The zero-order valence-electron chi connectivity index (χ0n) is 13.3. The largest absolute Gasteiger partial charge is 0.341 e. The van der Waals surface area contributed by atoms with Crippen LogP contribution in [0.3, 0.4) is 0 Å². The van der Waals surface area contributed by atoms with Gasteiger partial charge in [0, 0.05) is 25.0 Å². The molecule has 1 N–H and O–H groups in total. The van der Waals surface area contributed by atoms with Gasteiger partial charge < -0.3 is 10.2 Å². The summed E-state index contributed by atoms with van der Waals surface area (Å²) in [5.41, 5.74) is 1.02. The van der Waals surface area contributed by atoms with E-state index in [0.29, 0.717) is 12.5 Å². The number of nitrogens with one attached hydrogen (secondary N) is 1. The molecule has 0 aliphatic carbocycles. The topological polar surface area (TPSA) is 32.3 Å². The molecule has 1 aromatic carbocycles. The summed E-state index contributed by atoms with van der Waals surface area (Å²) in [6.45, 7) is 4.64. The minimum Gasteiger partial charge on any atom is -0.341 e. The fourth-order valence-electron chi connectivity index (χ4n) is 3.21. The molecule has 1 fully saturated rings. The Hall–Kier alpha value is -1.00. The Bertz CT molecular complexity index is 466. The predicted octanol–water partition coefficient (Wildman–Crippen LogP) is 3.15. The molecule has 1 heterocycles. The number of hydrogen-bond donors (Lipinski definition) is 1. The van der Waals surface area contributed by atoms with Crippen molar-refractivity contribution in [2.75, 3.05) is 26.4 Å². The molecule has 4 heteroatoms. The summed E-state index contributed by atoms with van der Waals surface area (Å²) in [5.74, 6) is 0.295. The fraction of sp³-hybridized carbons (Fsp3) is 0.588. The highest BCUT2D eigenvalue weighted by molar-refractivity contribution is 7.98. The van der Waals surface area contributed by atoms with E-state index in [1.165, 1.54) is 10.5 Å². The van der Waals surface area contributed by atoms with E-state index in [-0.39, 0.29) is 5.41 Å². The molecule has 0 bridgehead atoms. The number of carbonyl (C=O) groups excluding carboxylic acids is 1. The van der Waals surface area contributed by atoms with Crippen molar-refractivity contribution >= 4 is 17.7 Å². The van der Waals surface area contributed by atoms with E-state index >= 15 is 0 Å². The third-order valence-corrected chi connectivity index (χ3v) is 5.10. The number of nitrogens with zero attached hydrogens (tertiary/aromatic N) is 1. The molecule has 0 radical (unpaired) electrons. The van der Waals surface area contributed by atoms with Crippen molar-refractivity contribution in [2.45, 2.75) is 37.6 Å². The predicted molar refractivity (Wildman–Crippen MR) is 89.5 cm³/mol. The van der Waals surface area contributed by atoms with E-state index in [1.807, 2.05) is 11.9 Å². The van der Waals surface area contributed by atoms with Gasteiger partial charge >= 0.3 is 0 Å². The van der Waals surface area contributed by atoms with Crippen LogP contribution in [0.5, 0.6) is 0 Å². The summed E-state index contributed by atoms with van der Waals surface area (Å²) in [6, 6.07) is 8.48. The maximum atomic E-state index is 12.9. The molecule has 0 aromatic heterocycles. The van der Waals surface area contributed by atoms with Gasteiger partial charge in [0.05, 0.1) is 5.41 Å². The Kier molecular flexibility index (Phi) is 5.71. The molecule has 1 unspecified atom stereocenters. The zero-order valence-corrected chi connectivity index (χ0v) is 14.1. The summed E-state index contributed by atoms with van der Waals surface area (Å²) >= 11 is 1.74. The lowest BCUT2D eigenvalue weighted by atomic mass is 9.81. The summed E-state index contributed by atoms with van der Waals surface area (Å²) in [7, 11) is 1.93. The van der Waals surface area contributed by atoms with Crippen molar-refractivity contribution in [1.29, 1.82) is 0 Å². The molecule has 1 atom stereocenters. The van der Waals surface area contributed by atoms with Crippen LogP contribution in [0.25, 0.3) is 0 Å². The van der Waals surface area contributed by atoms with Gasteiger partial charge in [-0.25, -0.2) is 0 Å². The van der Waals surface area contributed by atoms with E-state index in [1.54, 1.807) is 11.8 Å². The highest BCUT2D eigenvalue weighted by atomic mass is 32.2. The summed E-state index contributed by atoms with van der Waals surface area (Å²) in [4.78, 5) is 16.0.